The van der Waals surface area contributed by atoms with Crippen molar-refractivity contribution in [3.63, 3.8) is 0 Å². The van der Waals surface area contributed by atoms with Crippen molar-refractivity contribution in [1.29, 1.82) is 5.26 Å². The molecule has 2 unspecified atom stereocenters. The van der Waals surface area contributed by atoms with Crippen LogP contribution in [-0.4, -0.2) is 37.9 Å². The first kappa shape index (κ1) is 17.9. The molecule has 21 heavy (non-hydrogen) atoms. The summed E-state index contributed by atoms with van der Waals surface area (Å²) < 4.78 is 39.7. The van der Waals surface area contributed by atoms with Crippen molar-refractivity contribution in [2.75, 3.05) is 13.1 Å². The zero-order valence-electron chi connectivity index (χ0n) is 11.7. The fourth-order valence-corrected chi connectivity index (χ4v) is 4.02. The molecule has 0 radical (unpaired) electrons. The largest absolute Gasteiger partial charge is 0.309 e. The van der Waals surface area contributed by atoms with Crippen molar-refractivity contribution < 1.29 is 12.8 Å². The molecular weight excluding hydrogens is 317 g/mol. The molecule has 1 heterocycles. The minimum atomic E-state index is -3.70. The van der Waals surface area contributed by atoms with E-state index in [2.05, 4.69) is 5.32 Å². The van der Waals surface area contributed by atoms with E-state index in [9.17, 15) is 12.8 Å². The van der Waals surface area contributed by atoms with Gasteiger partial charge in [-0.25, -0.2) is 12.8 Å². The van der Waals surface area contributed by atoms with Crippen LogP contribution in [0.2, 0.25) is 0 Å². The molecule has 0 bridgehead atoms. The Kier molecular flexibility index (Phi) is 5.70. The van der Waals surface area contributed by atoms with E-state index in [1.807, 2.05) is 13.8 Å². The van der Waals surface area contributed by atoms with Gasteiger partial charge in [-0.15, -0.1) is 12.4 Å². The molecule has 1 aromatic carbocycles. The van der Waals surface area contributed by atoms with E-state index in [1.165, 1.54) is 10.4 Å². The van der Waals surface area contributed by atoms with Crippen LogP contribution in [0.3, 0.4) is 0 Å². The normalized spacial score (nSPS) is 23.1. The van der Waals surface area contributed by atoms with E-state index >= 15 is 0 Å². The van der Waals surface area contributed by atoms with E-state index in [-0.39, 0.29) is 34.9 Å². The molecule has 1 N–H and O–H groups in total. The highest BCUT2D eigenvalue weighted by molar-refractivity contribution is 7.89. The zero-order chi connectivity index (χ0) is 14.9. The van der Waals surface area contributed by atoms with Crippen molar-refractivity contribution in [2.45, 2.75) is 30.8 Å². The molecule has 1 fully saturated rings. The standard InChI is InChI=1S/C13H16FN3O2S.ClH/c1-9-7-17(8-10(2)16-9)20(18,19)12-3-4-13(14)11(5-12)6-15;/h3-5,9-10,16H,7-8H2,1-2H3;1H. The third-order valence-corrected chi connectivity index (χ3v) is 5.05. The number of halogens is 2. The van der Waals surface area contributed by atoms with Gasteiger partial charge in [-0.05, 0) is 32.0 Å². The summed E-state index contributed by atoms with van der Waals surface area (Å²) in [6.45, 7) is 4.52. The van der Waals surface area contributed by atoms with Crippen LogP contribution < -0.4 is 5.32 Å². The quantitative estimate of drug-likeness (QED) is 0.890. The first-order valence-corrected chi connectivity index (χ1v) is 7.74. The number of nitriles is 1. The molecule has 8 heteroatoms. The summed E-state index contributed by atoms with van der Waals surface area (Å²) in [5, 5.41) is 12.0. The smallest absolute Gasteiger partial charge is 0.243 e. The lowest BCUT2D eigenvalue weighted by Gasteiger charge is -2.35. The van der Waals surface area contributed by atoms with Gasteiger partial charge in [0.2, 0.25) is 10.0 Å². The molecule has 2 rings (SSSR count). The molecule has 2 atom stereocenters. The van der Waals surface area contributed by atoms with Gasteiger partial charge in [0.1, 0.15) is 11.9 Å². The van der Waals surface area contributed by atoms with Crippen LogP contribution in [0.5, 0.6) is 0 Å². The van der Waals surface area contributed by atoms with Gasteiger partial charge < -0.3 is 5.32 Å². The van der Waals surface area contributed by atoms with Gasteiger partial charge in [0, 0.05) is 25.2 Å². The summed E-state index contributed by atoms with van der Waals surface area (Å²) in [7, 11) is -3.70. The first-order chi connectivity index (χ1) is 9.34. The second-order valence-corrected chi connectivity index (χ2v) is 6.98. The summed E-state index contributed by atoms with van der Waals surface area (Å²) in [6.07, 6.45) is 0. The van der Waals surface area contributed by atoms with Crippen molar-refractivity contribution >= 4 is 22.4 Å². The molecule has 1 aliphatic rings. The van der Waals surface area contributed by atoms with Crippen LogP contribution in [0.25, 0.3) is 0 Å². The molecule has 0 saturated carbocycles. The van der Waals surface area contributed by atoms with Crippen molar-refractivity contribution in [3.8, 4) is 6.07 Å². The Morgan fingerprint density at radius 3 is 2.43 bits per heavy atom. The third-order valence-electron chi connectivity index (χ3n) is 3.22. The number of nitrogens with zero attached hydrogens (tertiary/aromatic N) is 2. The molecule has 0 aromatic heterocycles. The molecule has 0 aliphatic carbocycles. The summed E-state index contributed by atoms with van der Waals surface area (Å²) >= 11 is 0. The Morgan fingerprint density at radius 2 is 1.90 bits per heavy atom. The Balaban J connectivity index is 0.00000220. The topological polar surface area (TPSA) is 73.2 Å². The highest BCUT2D eigenvalue weighted by Gasteiger charge is 2.31. The summed E-state index contributed by atoms with van der Waals surface area (Å²) in [5.41, 5.74) is -0.262. The van der Waals surface area contributed by atoms with Gasteiger partial charge in [0.25, 0.3) is 0 Å². The molecule has 116 valence electrons. The van der Waals surface area contributed by atoms with E-state index in [0.717, 1.165) is 12.1 Å². The molecule has 5 nitrogen and oxygen atoms in total. The fourth-order valence-electron chi connectivity index (χ4n) is 2.37. The number of hydrogen-bond donors (Lipinski definition) is 1. The van der Waals surface area contributed by atoms with Crippen LogP contribution in [0, 0.1) is 17.1 Å². The molecule has 0 spiro atoms. The maximum Gasteiger partial charge on any atom is 0.243 e. The third kappa shape index (κ3) is 3.71. The van der Waals surface area contributed by atoms with E-state index in [4.69, 9.17) is 5.26 Å². The maximum absolute atomic E-state index is 13.3. The summed E-state index contributed by atoms with van der Waals surface area (Å²) in [4.78, 5) is -0.0447. The van der Waals surface area contributed by atoms with Crippen LogP contribution in [0.1, 0.15) is 19.4 Å². The number of nitrogens with one attached hydrogen (secondary N) is 1. The van der Waals surface area contributed by atoms with Crippen molar-refractivity contribution in [3.05, 3.63) is 29.6 Å². The van der Waals surface area contributed by atoms with Crippen LogP contribution in [0.4, 0.5) is 4.39 Å². The molecule has 1 aromatic rings. The van der Waals surface area contributed by atoms with E-state index < -0.39 is 15.8 Å². The van der Waals surface area contributed by atoms with Crippen LogP contribution >= 0.6 is 12.4 Å². The lowest BCUT2D eigenvalue weighted by atomic mass is 10.2. The average Bonchev–Trinajstić information content (AvgIpc) is 2.37. The lowest BCUT2D eigenvalue weighted by Crippen LogP contribution is -2.55. The number of hydrogen-bond acceptors (Lipinski definition) is 4. The molecule has 1 saturated heterocycles. The van der Waals surface area contributed by atoms with Crippen molar-refractivity contribution in [1.82, 2.24) is 9.62 Å². The van der Waals surface area contributed by atoms with Gasteiger partial charge in [-0.1, -0.05) is 0 Å². The Morgan fingerprint density at radius 1 is 1.33 bits per heavy atom. The lowest BCUT2D eigenvalue weighted by molar-refractivity contribution is 0.263. The second kappa shape index (κ2) is 6.71. The van der Waals surface area contributed by atoms with Gasteiger partial charge in [-0.3, -0.25) is 0 Å². The first-order valence-electron chi connectivity index (χ1n) is 6.30. The van der Waals surface area contributed by atoms with Gasteiger partial charge in [0.15, 0.2) is 0 Å². The average molecular weight is 334 g/mol. The molecular formula is C13H17ClFN3O2S. The van der Waals surface area contributed by atoms with Gasteiger partial charge >= 0.3 is 0 Å². The van der Waals surface area contributed by atoms with Gasteiger partial charge in [-0.2, -0.15) is 9.57 Å². The number of benzene rings is 1. The maximum atomic E-state index is 13.3. The summed E-state index contributed by atoms with van der Waals surface area (Å²) in [6, 6.07) is 5.05. The highest BCUT2D eigenvalue weighted by atomic mass is 35.5. The number of piperazine rings is 1. The molecule has 1 aliphatic heterocycles. The predicted octanol–water partition coefficient (Wildman–Crippen LogP) is 1.49. The minimum Gasteiger partial charge on any atom is -0.309 e. The van der Waals surface area contributed by atoms with Crippen LogP contribution in [-0.2, 0) is 10.0 Å². The SMILES string of the molecule is CC1CN(S(=O)(=O)c2ccc(F)c(C#N)c2)CC(C)N1.Cl. The zero-order valence-corrected chi connectivity index (χ0v) is 13.3. The monoisotopic (exact) mass is 333 g/mol. The Hall–Kier alpha value is -1.20. The highest BCUT2D eigenvalue weighted by Crippen LogP contribution is 2.21. The Bertz CT molecular complexity index is 650. The minimum absolute atomic E-state index is 0. The number of rotatable bonds is 2. The van der Waals surface area contributed by atoms with E-state index in [0.29, 0.717) is 13.1 Å². The second-order valence-electron chi connectivity index (χ2n) is 5.04. The summed E-state index contributed by atoms with van der Waals surface area (Å²) in [5.74, 6) is -0.714. The van der Waals surface area contributed by atoms with Crippen molar-refractivity contribution in [2.24, 2.45) is 0 Å². The predicted molar refractivity (Wildman–Crippen MR) is 79.2 cm³/mol. The number of sulfonamides is 1. The fraction of sp³-hybridized carbons (Fsp3) is 0.462. The van der Waals surface area contributed by atoms with Crippen LogP contribution in [0.15, 0.2) is 23.1 Å². The Labute approximate surface area is 130 Å². The van der Waals surface area contributed by atoms with Gasteiger partial charge in [0.05, 0.1) is 10.5 Å². The van der Waals surface area contributed by atoms with E-state index in [1.54, 1.807) is 6.07 Å². The molecule has 0 amide bonds.